The highest BCUT2D eigenvalue weighted by atomic mass is 31.2. The van der Waals surface area contributed by atoms with Gasteiger partial charge in [-0.2, -0.15) is 0 Å². The van der Waals surface area contributed by atoms with E-state index in [1.54, 1.807) is 0 Å². The summed E-state index contributed by atoms with van der Waals surface area (Å²) in [7, 11) is -3.17. The van der Waals surface area contributed by atoms with Crippen molar-refractivity contribution in [1.82, 2.24) is 13.7 Å². The van der Waals surface area contributed by atoms with Gasteiger partial charge in [0.15, 0.2) is 7.14 Å². The van der Waals surface area contributed by atoms with Crippen LogP contribution in [0.5, 0.6) is 0 Å². The van der Waals surface area contributed by atoms with Crippen LogP contribution in [0.25, 0.3) is 17.1 Å². The molecule has 0 saturated heterocycles. The van der Waals surface area contributed by atoms with E-state index < -0.39 is 7.14 Å². The molecule has 206 valence electrons. The molecule has 0 aliphatic rings. The van der Waals surface area contributed by atoms with Gasteiger partial charge in [-0.05, 0) is 151 Å². The summed E-state index contributed by atoms with van der Waals surface area (Å²) in [5.41, 5.74) is 10.3. The monoisotopic (exact) mass is 557 g/mol. The predicted molar refractivity (Wildman–Crippen MR) is 172 cm³/mol. The Morgan fingerprint density at radius 1 is 0.341 bits per heavy atom. The van der Waals surface area contributed by atoms with Gasteiger partial charge in [0, 0.05) is 67.1 Å². The zero-order valence-electron chi connectivity index (χ0n) is 24.6. The number of aromatic nitrogens is 3. The summed E-state index contributed by atoms with van der Waals surface area (Å²) < 4.78 is 22.1. The van der Waals surface area contributed by atoms with Crippen molar-refractivity contribution in [3.63, 3.8) is 0 Å². The Morgan fingerprint density at radius 3 is 0.732 bits per heavy atom. The van der Waals surface area contributed by atoms with Gasteiger partial charge in [0.05, 0.1) is 0 Å². The second-order valence-corrected chi connectivity index (χ2v) is 13.8. The summed E-state index contributed by atoms with van der Waals surface area (Å²) in [6.45, 7) is 12.7. The number of hydrogen-bond donors (Lipinski definition) is 0. The molecule has 0 radical (unpaired) electrons. The lowest BCUT2D eigenvalue weighted by Gasteiger charge is -2.22. The lowest BCUT2D eigenvalue weighted by molar-refractivity contribution is 0.592. The Morgan fingerprint density at radius 2 is 0.537 bits per heavy atom. The Labute approximate surface area is 242 Å². The van der Waals surface area contributed by atoms with Crippen LogP contribution < -0.4 is 15.9 Å². The van der Waals surface area contributed by atoms with Crippen molar-refractivity contribution in [1.29, 1.82) is 0 Å². The van der Waals surface area contributed by atoms with Crippen molar-refractivity contribution in [3.8, 4) is 17.1 Å². The molecule has 0 spiro atoms. The van der Waals surface area contributed by atoms with Gasteiger partial charge >= 0.3 is 0 Å². The lowest BCUT2D eigenvalue weighted by Crippen LogP contribution is -2.25. The molecule has 6 aromatic rings. The molecule has 6 rings (SSSR count). The highest BCUT2D eigenvalue weighted by molar-refractivity contribution is 7.85. The molecule has 0 fully saturated rings. The van der Waals surface area contributed by atoms with Crippen molar-refractivity contribution in [2.75, 3.05) is 0 Å². The first kappa shape index (κ1) is 26.9. The molecule has 3 heterocycles. The minimum atomic E-state index is -3.17. The average molecular weight is 558 g/mol. The molecule has 0 N–H and O–H groups in total. The summed E-state index contributed by atoms with van der Waals surface area (Å²) in [6.07, 6.45) is 0. The van der Waals surface area contributed by atoms with E-state index in [-0.39, 0.29) is 0 Å². The number of nitrogens with zero attached hydrogens (tertiary/aromatic N) is 3. The van der Waals surface area contributed by atoms with E-state index in [2.05, 4.69) is 128 Å². The van der Waals surface area contributed by atoms with Crippen molar-refractivity contribution in [3.05, 3.63) is 143 Å². The number of hydrogen-bond acceptors (Lipinski definition) is 1. The first-order valence-corrected chi connectivity index (χ1v) is 15.8. The summed E-state index contributed by atoms with van der Waals surface area (Å²) in [5, 5.41) is 2.47. The van der Waals surface area contributed by atoms with Gasteiger partial charge in [-0.1, -0.05) is 0 Å². The summed E-state index contributed by atoms with van der Waals surface area (Å²) in [6, 6.07) is 37.5. The first-order valence-electron chi connectivity index (χ1n) is 14.1. The number of rotatable bonds is 6. The molecule has 41 heavy (non-hydrogen) atoms. The van der Waals surface area contributed by atoms with Crippen molar-refractivity contribution >= 4 is 23.1 Å². The van der Waals surface area contributed by atoms with Gasteiger partial charge in [-0.15, -0.1) is 0 Å². The average Bonchev–Trinajstić information content (AvgIpc) is 3.62. The molecule has 0 bridgehead atoms. The molecule has 5 heteroatoms. The molecule has 0 aliphatic carbocycles. The standard InChI is InChI=1S/C36H36N3OP/c1-25-7-8-26(2)37(25)31-13-19-34(20-14-31)41(40,35-21-15-32(16-22-35)38-27(3)9-10-28(38)4)36-23-17-33(18-24-36)39-29(5)11-12-30(39)6/h7-24H,1-6H3. The van der Waals surface area contributed by atoms with Gasteiger partial charge in [0.25, 0.3) is 0 Å². The van der Waals surface area contributed by atoms with E-state index in [1.807, 2.05) is 36.4 Å². The van der Waals surface area contributed by atoms with Crippen LogP contribution in [-0.2, 0) is 4.57 Å². The molecule has 3 aromatic carbocycles. The molecule has 0 amide bonds. The Kier molecular flexibility index (Phi) is 6.76. The van der Waals surface area contributed by atoms with Crippen LogP contribution in [-0.4, -0.2) is 13.7 Å². The zero-order chi connectivity index (χ0) is 28.9. The van der Waals surface area contributed by atoms with Gasteiger partial charge in [-0.3, -0.25) is 0 Å². The molecule has 0 unspecified atom stereocenters. The minimum Gasteiger partial charge on any atom is -0.319 e. The van der Waals surface area contributed by atoms with Gasteiger partial charge < -0.3 is 18.3 Å². The van der Waals surface area contributed by atoms with E-state index >= 15 is 4.57 Å². The van der Waals surface area contributed by atoms with Crippen molar-refractivity contribution in [2.24, 2.45) is 0 Å². The SMILES string of the molecule is Cc1ccc(C)n1-c1ccc(P(=O)(c2ccc(-n3c(C)ccc3C)cc2)c2ccc(-n3c(C)ccc3C)cc2)cc1. The fraction of sp³-hybridized carbons (Fsp3) is 0.167. The van der Waals surface area contributed by atoms with E-state index in [4.69, 9.17) is 0 Å². The van der Waals surface area contributed by atoms with Crippen LogP contribution in [0.4, 0.5) is 0 Å². The highest BCUT2D eigenvalue weighted by Crippen LogP contribution is 2.43. The van der Waals surface area contributed by atoms with Gasteiger partial charge in [-0.25, -0.2) is 0 Å². The number of aryl methyl sites for hydroxylation is 6. The van der Waals surface area contributed by atoms with Crippen LogP contribution in [0.15, 0.2) is 109 Å². The van der Waals surface area contributed by atoms with Crippen LogP contribution >= 0.6 is 7.14 Å². The summed E-state index contributed by atoms with van der Waals surface area (Å²) in [4.78, 5) is 0. The van der Waals surface area contributed by atoms with Crippen molar-refractivity contribution in [2.45, 2.75) is 41.5 Å². The molecular weight excluding hydrogens is 521 g/mol. The van der Waals surface area contributed by atoms with Crippen LogP contribution in [0, 0.1) is 41.5 Å². The maximum absolute atomic E-state index is 15.4. The predicted octanol–water partition coefficient (Wildman–Crippen LogP) is 7.55. The lowest BCUT2D eigenvalue weighted by atomic mass is 10.3. The third-order valence-corrected chi connectivity index (χ3v) is 11.3. The quantitative estimate of drug-likeness (QED) is 0.195. The highest BCUT2D eigenvalue weighted by Gasteiger charge is 2.30. The normalized spacial score (nSPS) is 11.8. The topological polar surface area (TPSA) is 31.9 Å². The largest absolute Gasteiger partial charge is 0.319 e. The van der Waals surface area contributed by atoms with Crippen molar-refractivity contribution < 1.29 is 4.57 Å². The molecule has 4 nitrogen and oxygen atoms in total. The molecule has 0 saturated carbocycles. The van der Waals surface area contributed by atoms with E-state index in [0.717, 1.165) is 33.0 Å². The van der Waals surface area contributed by atoms with Crippen LogP contribution in [0.2, 0.25) is 0 Å². The fourth-order valence-electron chi connectivity index (χ4n) is 6.11. The smallest absolute Gasteiger partial charge is 0.171 e. The Hall–Kier alpha value is -4.27. The zero-order valence-corrected chi connectivity index (χ0v) is 25.5. The van der Waals surface area contributed by atoms with E-state index in [1.165, 1.54) is 34.2 Å². The number of benzene rings is 3. The molecule has 0 atom stereocenters. The summed E-state index contributed by atoms with van der Waals surface area (Å²) in [5.74, 6) is 0. The third-order valence-electron chi connectivity index (χ3n) is 8.23. The first-order chi connectivity index (χ1) is 19.7. The van der Waals surface area contributed by atoms with E-state index in [0.29, 0.717) is 0 Å². The summed E-state index contributed by atoms with van der Waals surface area (Å²) >= 11 is 0. The fourth-order valence-corrected chi connectivity index (χ4v) is 8.71. The molecule has 0 aliphatic heterocycles. The van der Waals surface area contributed by atoms with Gasteiger partial charge in [0.1, 0.15) is 0 Å². The second-order valence-electron chi connectivity index (χ2n) is 11.0. The Balaban J connectivity index is 1.47. The Bertz CT molecular complexity index is 1620. The van der Waals surface area contributed by atoms with Crippen LogP contribution in [0.1, 0.15) is 34.2 Å². The maximum Gasteiger partial charge on any atom is 0.171 e. The second kappa shape index (κ2) is 10.3. The minimum absolute atomic E-state index is 0.825. The third kappa shape index (κ3) is 4.53. The molecule has 3 aromatic heterocycles. The van der Waals surface area contributed by atoms with E-state index in [9.17, 15) is 0 Å². The molecular formula is C36H36N3OP. The van der Waals surface area contributed by atoms with Gasteiger partial charge in [0.2, 0.25) is 0 Å². The maximum atomic E-state index is 15.4. The van der Waals surface area contributed by atoms with Crippen LogP contribution in [0.3, 0.4) is 0 Å².